The van der Waals surface area contributed by atoms with Crippen LogP contribution in [0.2, 0.25) is 0 Å². The van der Waals surface area contributed by atoms with Crippen LogP contribution in [0.4, 0.5) is 5.82 Å². The highest BCUT2D eigenvalue weighted by Gasteiger charge is 2.10. The van der Waals surface area contributed by atoms with E-state index in [1.807, 2.05) is 42.5 Å². The number of nitrogens with zero attached hydrogens (tertiary/aromatic N) is 3. The molecule has 0 aliphatic heterocycles. The first-order chi connectivity index (χ1) is 13.7. The fraction of sp³-hybridized carbons (Fsp3) is 0.136. The third kappa shape index (κ3) is 4.23. The van der Waals surface area contributed by atoms with Crippen molar-refractivity contribution in [3.8, 4) is 0 Å². The summed E-state index contributed by atoms with van der Waals surface area (Å²) in [4.78, 5) is 17.9. The molecular formula is C22H20N4OS. The Balaban J connectivity index is 1.41. The van der Waals surface area contributed by atoms with Gasteiger partial charge in [-0.05, 0) is 24.6 Å². The molecule has 1 amide bonds. The minimum absolute atomic E-state index is 0.0584. The maximum Gasteiger partial charge on any atom is 0.235 e. The first-order valence-electron chi connectivity index (χ1n) is 9.03. The van der Waals surface area contributed by atoms with Crippen LogP contribution in [0.1, 0.15) is 11.1 Å². The molecular weight excluding hydrogens is 368 g/mol. The standard InChI is InChI=1S/C22H20N4OS/c1-16-5-4-6-17(13-16)14-26-21(10-12-24-26)25-22(27)15-28-20-9-11-23-19-8-3-2-7-18(19)20/h2-13H,14-15H2,1H3,(H,25,27). The van der Waals surface area contributed by atoms with Crippen molar-refractivity contribution in [1.29, 1.82) is 0 Å². The molecule has 0 radical (unpaired) electrons. The number of benzene rings is 2. The Labute approximate surface area is 167 Å². The number of pyridine rings is 1. The summed E-state index contributed by atoms with van der Waals surface area (Å²) in [6.07, 6.45) is 3.48. The maximum atomic E-state index is 12.5. The molecule has 28 heavy (non-hydrogen) atoms. The van der Waals surface area contributed by atoms with Crippen molar-refractivity contribution >= 4 is 34.4 Å². The minimum Gasteiger partial charge on any atom is -0.310 e. The van der Waals surface area contributed by atoms with Crippen LogP contribution in [-0.2, 0) is 11.3 Å². The Morgan fingerprint density at radius 2 is 1.96 bits per heavy atom. The van der Waals surface area contributed by atoms with Crippen molar-refractivity contribution in [2.24, 2.45) is 0 Å². The number of nitrogens with one attached hydrogen (secondary N) is 1. The van der Waals surface area contributed by atoms with E-state index in [0.29, 0.717) is 18.1 Å². The molecule has 140 valence electrons. The Morgan fingerprint density at radius 3 is 2.86 bits per heavy atom. The molecule has 0 saturated heterocycles. The maximum absolute atomic E-state index is 12.5. The van der Waals surface area contributed by atoms with Gasteiger partial charge in [-0.1, -0.05) is 48.0 Å². The Hall–Kier alpha value is -3.12. The van der Waals surface area contributed by atoms with Crippen LogP contribution in [-0.4, -0.2) is 26.4 Å². The minimum atomic E-state index is -0.0584. The number of aromatic nitrogens is 3. The zero-order chi connectivity index (χ0) is 19.3. The Kier molecular flexibility index (Phi) is 5.39. The Bertz CT molecular complexity index is 1120. The topological polar surface area (TPSA) is 59.8 Å². The smallest absolute Gasteiger partial charge is 0.235 e. The molecule has 0 saturated carbocycles. The van der Waals surface area contributed by atoms with E-state index >= 15 is 0 Å². The second-order valence-corrected chi connectivity index (χ2v) is 7.54. The molecule has 4 aromatic rings. The van der Waals surface area contributed by atoms with Crippen LogP contribution in [0.25, 0.3) is 10.9 Å². The lowest BCUT2D eigenvalue weighted by Gasteiger charge is -2.10. The van der Waals surface area contributed by atoms with Gasteiger partial charge in [0.05, 0.1) is 24.0 Å². The summed E-state index contributed by atoms with van der Waals surface area (Å²) in [5, 5.41) is 8.37. The fourth-order valence-electron chi connectivity index (χ4n) is 3.07. The van der Waals surface area contributed by atoms with Crippen LogP contribution in [0.3, 0.4) is 0 Å². The molecule has 2 aromatic carbocycles. The number of carbonyl (C=O) groups excluding carboxylic acids is 1. The second kappa shape index (κ2) is 8.27. The van der Waals surface area contributed by atoms with Crippen molar-refractivity contribution < 1.29 is 4.79 Å². The predicted molar refractivity (Wildman–Crippen MR) is 114 cm³/mol. The van der Waals surface area contributed by atoms with E-state index in [4.69, 9.17) is 0 Å². The van der Waals surface area contributed by atoms with Gasteiger partial charge in [0.15, 0.2) is 0 Å². The number of hydrogen-bond acceptors (Lipinski definition) is 4. The summed E-state index contributed by atoms with van der Waals surface area (Å²) >= 11 is 1.51. The highest BCUT2D eigenvalue weighted by Crippen LogP contribution is 2.26. The summed E-state index contributed by atoms with van der Waals surface area (Å²) < 4.78 is 1.80. The molecule has 6 heteroatoms. The molecule has 0 unspecified atom stereocenters. The van der Waals surface area contributed by atoms with Crippen molar-refractivity contribution in [3.05, 3.63) is 84.2 Å². The van der Waals surface area contributed by atoms with Gasteiger partial charge in [-0.15, -0.1) is 11.8 Å². The van der Waals surface area contributed by atoms with E-state index < -0.39 is 0 Å². The van der Waals surface area contributed by atoms with Crippen LogP contribution in [0.15, 0.2) is 78.0 Å². The van der Waals surface area contributed by atoms with Crippen LogP contribution >= 0.6 is 11.8 Å². The molecule has 2 heterocycles. The summed E-state index contributed by atoms with van der Waals surface area (Å²) in [5.41, 5.74) is 3.29. The average molecular weight is 388 g/mol. The molecule has 5 nitrogen and oxygen atoms in total. The third-order valence-corrected chi connectivity index (χ3v) is 5.44. The van der Waals surface area contributed by atoms with Gasteiger partial charge in [0.2, 0.25) is 5.91 Å². The Morgan fingerprint density at radius 1 is 1.07 bits per heavy atom. The molecule has 0 fully saturated rings. The number of carbonyl (C=O) groups is 1. The average Bonchev–Trinajstić information content (AvgIpc) is 3.13. The zero-order valence-electron chi connectivity index (χ0n) is 15.5. The summed E-state index contributed by atoms with van der Waals surface area (Å²) in [6.45, 7) is 2.68. The highest BCUT2D eigenvalue weighted by atomic mass is 32.2. The molecule has 0 bridgehead atoms. The number of para-hydroxylation sites is 1. The first kappa shape index (κ1) is 18.3. The molecule has 0 atom stereocenters. The number of anilines is 1. The number of aryl methyl sites for hydroxylation is 1. The lowest BCUT2D eigenvalue weighted by molar-refractivity contribution is -0.113. The largest absolute Gasteiger partial charge is 0.310 e. The third-order valence-electron chi connectivity index (χ3n) is 4.37. The molecule has 1 N–H and O–H groups in total. The first-order valence-corrected chi connectivity index (χ1v) is 10.0. The summed E-state index contributed by atoms with van der Waals surface area (Å²) in [6, 6.07) is 20.0. The quantitative estimate of drug-likeness (QED) is 0.494. The lowest BCUT2D eigenvalue weighted by Crippen LogP contribution is -2.17. The van der Waals surface area contributed by atoms with Gasteiger partial charge in [-0.2, -0.15) is 5.10 Å². The lowest BCUT2D eigenvalue weighted by atomic mass is 10.1. The van der Waals surface area contributed by atoms with Gasteiger partial charge in [0.25, 0.3) is 0 Å². The van der Waals surface area contributed by atoms with Crippen molar-refractivity contribution in [2.75, 3.05) is 11.1 Å². The van der Waals surface area contributed by atoms with E-state index in [0.717, 1.165) is 21.4 Å². The number of thioether (sulfide) groups is 1. The molecule has 4 rings (SSSR count). The van der Waals surface area contributed by atoms with Crippen molar-refractivity contribution in [1.82, 2.24) is 14.8 Å². The highest BCUT2D eigenvalue weighted by molar-refractivity contribution is 8.00. The summed E-state index contributed by atoms with van der Waals surface area (Å²) in [5.74, 6) is 0.965. The number of fused-ring (bicyclic) bond motifs is 1. The van der Waals surface area contributed by atoms with Crippen LogP contribution < -0.4 is 5.32 Å². The number of hydrogen-bond donors (Lipinski definition) is 1. The SMILES string of the molecule is Cc1cccc(Cn2nccc2NC(=O)CSc2ccnc3ccccc23)c1. The van der Waals surface area contributed by atoms with E-state index in [1.165, 1.54) is 17.3 Å². The zero-order valence-corrected chi connectivity index (χ0v) is 16.3. The van der Waals surface area contributed by atoms with E-state index in [1.54, 1.807) is 17.1 Å². The molecule has 0 aliphatic carbocycles. The van der Waals surface area contributed by atoms with E-state index in [2.05, 4.69) is 40.5 Å². The van der Waals surface area contributed by atoms with E-state index in [9.17, 15) is 4.79 Å². The van der Waals surface area contributed by atoms with Gasteiger partial charge >= 0.3 is 0 Å². The van der Waals surface area contributed by atoms with Gasteiger partial charge in [0.1, 0.15) is 5.82 Å². The normalized spacial score (nSPS) is 10.9. The molecule has 0 spiro atoms. The number of amides is 1. The van der Waals surface area contributed by atoms with Crippen LogP contribution in [0.5, 0.6) is 0 Å². The monoisotopic (exact) mass is 388 g/mol. The molecule has 0 aliphatic rings. The fourth-order valence-corrected chi connectivity index (χ4v) is 3.91. The van der Waals surface area contributed by atoms with Gasteiger partial charge < -0.3 is 5.32 Å². The van der Waals surface area contributed by atoms with Crippen LogP contribution in [0, 0.1) is 6.92 Å². The van der Waals surface area contributed by atoms with Gasteiger partial charge in [0, 0.05) is 22.5 Å². The van der Waals surface area contributed by atoms with Gasteiger partial charge in [-0.3, -0.25) is 9.78 Å². The van der Waals surface area contributed by atoms with Crippen molar-refractivity contribution in [2.45, 2.75) is 18.4 Å². The second-order valence-electron chi connectivity index (χ2n) is 6.53. The molecule has 2 aromatic heterocycles. The van der Waals surface area contributed by atoms with Gasteiger partial charge in [-0.25, -0.2) is 4.68 Å². The number of rotatable bonds is 6. The summed E-state index contributed by atoms with van der Waals surface area (Å²) in [7, 11) is 0. The van der Waals surface area contributed by atoms with Crippen molar-refractivity contribution in [3.63, 3.8) is 0 Å². The van der Waals surface area contributed by atoms with E-state index in [-0.39, 0.29) is 5.91 Å². The predicted octanol–water partition coefficient (Wildman–Crippen LogP) is 4.52.